The highest BCUT2D eigenvalue weighted by Gasteiger charge is 2.26. The van der Waals surface area contributed by atoms with Crippen LogP contribution < -0.4 is 0 Å². The van der Waals surface area contributed by atoms with Crippen LogP contribution in [0.15, 0.2) is 23.1 Å². The molecule has 2 aromatic rings. The standard InChI is InChI=1S/C12H12FN3O4S/c1-3-20-12(17)10-9(14-16-15-10)7-5-4-6-8(13)11(7)21(2,18)19/h4-6H,3H2,1-2H3,(H,14,15,16). The van der Waals surface area contributed by atoms with Gasteiger partial charge in [0.15, 0.2) is 15.5 Å². The molecule has 0 saturated carbocycles. The zero-order valence-corrected chi connectivity index (χ0v) is 12.1. The number of esters is 1. The van der Waals surface area contributed by atoms with Gasteiger partial charge in [0.25, 0.3) is 0 Å². The van der Waals surface area contributed by atoms with Crippen LogP contribution in [0, 0.1) is 5.82 Å². The van der Waals surface area contributed by atoms with E-state index in [-0.39, 0.29) is 23.6 Å². The first-order valence-corrected chi connectivity index (χ1v) is 7.82. The molecule has 0 fully saturated rings. The fraction of sp³-hybridized carbons (Fsp3) is 0.250. The van der Waals surface area contributed by atoms with E-state index in [9.17, 15) is 17.6 Å². The summed E-state index contributed by atoms with van der Waals surface area (Å²) in [4.78, 5) is 11.2. The highest BCUT2D eigenvalue weighted by atomic mass is 32.2. The third-order valence-electron chi connectivity index (χ3n) is 2.61. The zero-order valence-electron chi connectivity index (χ0n) is 11.3. The molecule has 1 aromatic heterocycles. The van der Waals surface area contributed by atoms with Gasteiger partial charge in [0, 0.05) is 11.8 Å². The number of carbonyl (C=O) groups is 1. The van der Waals surface area contributed by atoms with Gasteiger partial charge in [0.05, 0.1) is 6.61 Å². The topological polar surface area (TPSA) is 102 Å². The van der Waals surface area contributed by atoms with Gasteiger partial charge in [0.2, 0.25) is 0 Å². The molecule has 0 atom stereocenters. The summed E-state index contributed by atoms with van der Waals surface area (Å²) in [7, 11) is -3.85. The number of aromatic amines is 1. The van der Waals surface area contributed by atoms with Crippen molar-refractivity contribution in [1.82, 2.24) is 15.4 Å². The molecule has 0 radical (unpaired) electrons. The fourth-order valence-corrected chi connectivity index (χ4v) is 2.82. The van der Waals surface area contributed by atoms with Crippen molar-refractivity contribution >= 4 is 15.8 Å². The zero-order chi connectivity index (χ0) is 15.6. The van der Waals surface area contributed by atoms with Gasteiger partial charge in [-0.1, -0.05) is 12.1 Å². The maximum absolute atomic E-state index is 13.9. The number of hydrogen-bond donors (Lipinski definition) is 1. The Kier molecular flexibility index (Phi) is 4.03. The van der Waals surface area contributed by atoms with E-state index in [2.05, 4.69) is 15.4 Å². The molecule has 21 heavy (non-hydrogen) atoms. The van der Waals surface area contributed by atoms with E-state index in [4.69, 9.17) is 4.74 Å². The van der Waals surface area contributed by atoms with Crippen LogP contribution in [0.2, 0.25) is 0 Å². The van der Waals surface area contributed by atoms with Crippen LogP contribution in [0.4, 0.5) is 4.39 Å². The van der Waals surface area contributed by atoms with Crippen LogP contribution in [0.25, 0.3) is 11.3 Å². The summed E-state index contributed by atoms with van der Waals surface area (Å²) in [6.45, 7) is 1.73. The second-order valence-electron chi connectivity index (χ2n) is 4.13. The van der Waals surface area contributed by atoms with Gasteiger partial charge >= 0.3 is 5.97 Å². The number of rotatable bonds is 4. The van der Waals surface area contributed by atoms with E-state index in [0.717, 1.165) is 12.3 Å². The third-order valence-corrected chi connectivity index (χ3v) is 3.77. The molecular weight excluding hydrogens is 301 g/mol. The molecule has 0 aliphatic heterocycles. The van der Waals surface area contributed by atoms with Crippen LogP contribution >= 0.6 is 0 Å². The quantitative estimate of drug-likeness (QED) is 0.851. The number of hydrogen-bond acceptors (Lipinski definition) is 6. The highest BCUT2D eigenvalue weighted by Crippen LogP contribution is 2.29. The molecule has 0 spiro atoms. The van der Waals surface area contributed by atoms with Crippen molar-refractivity contribution in [3.63, 3.8) is 0 Å². The summed E-state index contributed by atoms with van der Waals surface area (Å²) < 4.78 is 42.2. The first-order chi connectivity index (χ1) is 9.86. The van der Waals surface area contributed by atoms with Gasteiger partial charge < -0.3 is 4.74 Å². The number of carbonyl (C=O) groups excluding carboxylic acids is 1. The number of sulfone groups is 1. The van der Waals surface area contributed by atoms with E-state index in [1.165, 1.54) is 12.1 Å². The molecule has 112 valence electrons. The van der Waals surface area contributed by atoms with Gasteiger partial charge in [-0.3, -0.25) is 0 Å². The van der Waals surface area contributed by atoms with Crippen molar-refractivity contribution in [2.75, 3.05) is 12.9 Å². The van der Waals surface area contributed by atoms with Gasteiger partial charge in [0.1, 0.15) is 16.4 Å². The number of H-pyrrole nitrogens is 1. The second-order valence-corrected chi connectivity index (χ2v) is 6.08. The molecule has 1 heterocycles. The first kappa shape index (κ1) is 15.1. The Bertz CT molecular complexity index is 786. The van der Waals surface area contributed by atoms with E-state index < -0.39 is 26.5 Å². The number of nitrogens with zero attached hydrogens (tertiary/aromatic N) is 2. The lowest BCUT2D eigenvalue weighted by molar-refractivity contribution is 0.0520. The number of ether oxygens (including phenoxy) is 1. The van der Waals surface area contributed by atoms with Gasteiger partial charge in [-0.25, -0.2) is 17.6 Å². The molecule has 1 aromatic carbocycles. The van der Waals surface area contributed by atoms with Crippen molar-refractivity contribution < 1.29 is 22.3 Å². The van der Waals surface area contributed by atoms with Crippen LogP contribution in [-0.2, 0) is 14.6 Å². The summed E-state index contributed by atoms with van der Waals surface area (Å²) >= 11 is 0. The van der Waals surface area contributed by atoms with Gasteiger partial charge in [-0.15, -0.1) is 5.10 Å². The van der Waals surface area contributed by atoms with E-state index in [1.54, 1.807) is 6.92 Å². The number of benzene rings is 1. The molecule has 2 rings (SSSR count). The number of nitrogens with one attached hydrogen (secondary N) is 1. The largest absolute Gasteiger partial charge is 0.461 e. The molecule has 0 aliphatic rings. The minimum Gasteiger partial charge on any atom is -0.461 e. The SMILES string of the molecule is CCOC(=O)c1n[nH]nc1-c1cccc(F)c1S(C)(=O)=O. The molecular formula is C12H12FN3O4S. The third kappa shape index (κ3) is 2.92. The van der Waals surface area contributed by atoms with Crippen molar-refractivity contribution in [3.05, 3.63) is 29.7 Å². The lowest BCUT2D eigenvalue weighted by atomic mass is 10.1. The van der Waals surface area contributed by atoms with Gasteiger partial charge in [-0.05, 0) is 13.0 Å². The van der Waals surface area contributed by atoms with Crippen molar-refractivity contribution in [1.29, 1.82) is 0 Å². The molecule has 0 amide bonds. The highest BCUT2D eigenvalue weighted by molar-refractivity contribution is 7.90. The predicted molar refractivity (Wildman–Crippen MR) is 70.8 cm³/mol. The Labute approximate surface area is 120 Å². The average Bonchev–Trinajstić information content (AvgIpc) is 2.86. The van der Waals surface area contributed by atoms with Crippen LogP contribution in [0.5, 0.6) is 0 Å². The number of aromatic nitrogens is 3. The summed E-state index contributed by atoms with van der Waals surface area (Å²) in [6, 6.07) is 3.69. The fourth-order valence-electron chi connectivity index (χ4n) is 1.83. The normalized spacial score (nSPS) is 11.4. The number of halogens is 1. The molecule has 9 heteroatoms. The Morgan fingerprint density at radius 1 is 1.38 bits per heavy atom. The van der Waals surface area contributed by atoms with Gasteiger partial charge in [-0.2, -0.15) is 10.3 Å². The first-order valence-electron chi connectivity index (χ1n) is 5.93. The minimum atomic E-state index is -3.85. The molecule has 7 nitrogen and oxygen atoms in total. The van der Waals surface area contributed by atoms with Crippen LogP contribution in [0.3, 0.4) is 0 Å². The van der Waals surface area contributed by atoms with E-state index >= 15 is 0 Å². The van der Waals surface area contributed by atoms with E-state index in [0.29, 0.717) is 0 Å². The Morgan fingerprint density at radius 3 is 2.71 bits per heavy atom. The molecule has 1 N–H and O–H groups in total. The Morgan fingerprint density at radius 2 is 2.10 bits per heavy atom. The smallest absolute Gasteiger partial charge is 0.361 e. The average molecular weight is 313 g/mol. The summed E-state index contributed by atoms with van der Waals surface area (Å²) in [5.41, 5.74) is -0.324. The summed E-state index contributed by atoms with van der Waals surface area (Å²) in [5, 5.41) is 9.59. The van der Waals surface area contributed by atoms with Crippen LogP contribution in [-0.4, -0.2) is 42.7 Å². The lowest BCUT2D eigenvalue weighted by Crippen LogP contribution is -2.09. The molecule has 0 unspecified atom stereocenters. The monoisotopic (exact) mass is 313 g/mol. The maximum atomic E-state index is 13.9. The maximum Gasteiger partial charge on any atom is 0.361 e. The van der Waals surface area contributed by atoms with Crippen molar-refractivity contribution in [2.45, 2.75) is 11.8 Å². The van der Waals surface area contributed by atoms with Crippen molar-refractivity contribution in [3.8, 4) is 11.3 Å². The Balaban J connectivity index is 2.68. The predicted octanol–water partition coefficient (Wildman–Crippen LogP) is 1.19. The lowest BCUT2D eigenvalue weighted by Gasteiger charge is -2.07. The summed E-state index contributed by atoms with van der Waals surface area (Å²) in [5.74, 6) is -1.70. The van der Waals surface area contributed by atoms with E-state index in [1.807, 2.05) is 0 Å². The van der Waals surface area contributed by atoms with Crippen molar-refractivity contribution in [2.24, 2.45) is 0 Å². The molecule has 0 saturated heterocycles. The molecule has 0 aliphatic carbocycles. The summed E-state index contributed by atoms with van der Waals surface area (Å²) in [6.07, 6.45) is 0.874. The second kappa shape index (κ2) is 5.60. The molecule has 0 bridgehead atoms. The van der Waals surface area contributed by atoms with Crippen LogP contribution in [0.1, 0.15) is 17.4 Å². The minimum absolute atomic E-state index is 0.0469. The Hall–Kier alpha value is -2.29.